The Bertz CT molecular complexity index is 644. The van der Waals surface area contributed by atoms with Gasteiger partial charge in [0.05, 0.1) is 0 Å². The largest absolute Gasteiger partial charge is 0.480 e. The van der Waals surface area contributed by atoms with Crippen LogP contribution in [0.1, 0.15) is 37.3 Å². The highest BCUT2D eigenvalue weighted by molar-refractivity contribution is 5.87. The van der Waals surface area contributed by atoms with Crippen molar-refractivity contribution in [3.05, 3.63) is 35.4 Å². The second-order valence-corrected chi connectivity index (χ2v) is 6.33. The Morgan fingerprint density at radius 1 is 1.33 bits per heavy atom. The fourth-order valence-corrected chi connectivity index (χ4v) is 3.01. The van der Waals surface area contributed by atoms with Crippen LogP contribution in [0, 0.1) is 12.8 Å². The van der Waals surface area contributed by atoms with Crippen molar-refractivity contribution in [3.63, 3.8) is 0 Å². The Morgan fingerprint density at radius 3 is 2.58 bits per heavy atom. The first-order valence-corrected chi connectivity index (χ1v) is 8.16. The Kier molecular flexibility index (Phi) is 5.59. The van der Waals surface area contributed by atoms with E-state index in [1.165, 1.54) is 18.7 Å². The van der Waals surface area contributed by atoms with Gasteiger partial charge in [0.25, 0.3) is 0 Å². The maximum absolute atomic E-state index is 12.8. The summed E-state index contributed by atoms with van der Waals surface area (Å²) >= 11 is 0. The number of carbonyl (C=O) groups excluding carboxylic acids is 2. The van der Waals surface area contributed by atoms with E-state index in [1.54, 1.807) is 0 Å². The minimum atomic E-state index is -1.04. The zero-order chi connectivity index (χ0) is 17.9. The van der Waals surface area contributed by atoms with Gasteiger partial charge in [0.2, 0.25) is 11.8 Å². The molecule has 0 spiro atoms. The zero-order valence-electron chi connectivity index (χ0n) is 14.3. The van der Waals surface area contributed by atoms with Gasteiger partial charge in [0, 0.05) is 25.9 Å². The zero-order valence-corrected chi connectivity index (χ0v) is 14.3. The van der Waals surface area contributed by atoms with Crippen LogP contribution in [0.4, 0.5) is 0 Å². The van der Waals surface area contributed by atoms with E-state index in [-0.39, 0.29) is 36.7 Å². The molecular weight excluding hydrogens is 308 g/mol. The molecule has 3 atom stereocenters. The van der Waals surface area contributed by atoms with E-state index >= 15 is 0 Å². The lowest BCUT2D eigenvalue weighted by atomic mass is 10.0. The first-order chi connectivity index (χ1) is 11.3. The maximum Gasteiger partial charge on any atom is 0.326 e. The number of aliphatic carboxylic acids is 1. The molecule has 1 fully saturated rings. The number of aryl methyl sites for hydroxylation is 1. The molecule has 6 nitrogen and oxygen atoms in total. The van der Waals surface area contributed by atoms with Crippen molar-refractivity contribution in [2.45, 2.75) is 39.2 Å². The van der Waals surface area contributed by atoms with Crippen LogP contribution in [0.5, 0.6) is 0 Å². The van der Waals surface area contributed by atoms with Gasteiger partial charge in [0.15, 0.2) is 0 Å². The highest BCUT2D eigenvalue weighted by atomic mass is 16.4. The second kappa shape index (κ2) is 7.47. The summed E-state index contributed by atoms with van der Waals surface area (Å²) in [4.78, 5) is 36.4. The highest BCUT2D eigenvalue weighted by Gasteiger charge is 2.47. The van der Waals surface area contributed by atoms with Crippen LogP contribution in [0.15, 0.2) is 24.3 Å². The summed E-state index contributed by atoms with van der Waals surface area (Å²) in [5.41, 5.74) is 2.30. The van der Waals surface area contributed by atoms with Gasteiger partial charge in [-0.2, -0.15) is 0 Å². The van der Waals surface area contributed by atoms with Gasteiger partial charge < -0.3 is 15.3 Å². The van der Waals surface area contributed by atoms with Crippen molar-refractivity contribution in [2.24, 2.45) is 5.92 Å². The number of nitrogens with zero attached hydrogens (tertiary/aromatic N) is 1. The van der Waals surface area contributed by atoms with E-state index in [0.29, 0.717) is 0 Å². The Labute approximate surface area is 141 Å². The third-order valence-corrected chi connectivity index (χ3v) is 4.53. The molecule has 1 aliphatic carbocycles. The summed E-state index contributed by atoms with van der Waals surface area (Å²) in [5.74, 6) is -1.41. The molecule has 0 radical (unpaired) electrons. The predicted octanol–water partition coefficient (Wildman–Crippen LogP) is 1.54. The minimum Gasteiger partial charge on any atom is -0.480 e. The van der Waals surface area contributed by atoms with E-state index in [2.05, 4.69) is 5.32 Å². The topological polar surface area (TPSA) is 86.7 Å². The van der Waals surface area contributed by atoms with Crippen LogP contribution < -0.4 is 5.32 Å². The van der Waals surface area contributed by atoms with Gasteiger partial charge in [0.1, 0.15) is 6.04 Å². The molecule has 0 aliphatic heterocycles. The van der Waals surface area contributed by atoms with Crippen molar-refractivity contribution >= 4 is 17.8 Å². The molecule has 24 heavy (non-hydrogen) atoms. The molecule has 1 saturated carbocycles. The molecule has 2 amide bonds. The number of carboxylic acids is 1. The Morgan fingerprint density at radius 2 is 2.00 bits per heavy atom. The average molecular weight is 332 g/mol. The Hall–Kier alpha value is -2.37. The smallest absolute Gasteiger partial charge is 0.326 e. The fraction of sp³-hybridized carbons (Fsp3) is 0.500. The Balaban J connectivity index is 2.07. The number of carbonyl (C=O) groups is 3. The first-order valence-electron chi connectivity index (χ1n) is 8.16. The van der Waals surface area contributed by atoms with Crippen molar-refractivity contribution in [1.29, 1.82) is 0 Å². The molecule has 1 aromatic rings. The van der Waals surface area contributed by atoms with E-state index in [9.17, 15) is 19.5 Å². The van der Waals surface area contributed by atoms with Gasteiger partial charge >= 0.3 is 5.97 Å². The van der Waals surface area contributed by atoms with Crippen LogP contribution in [-0.2, 0) is 14.4 Å². The molecule has 2 rings (SSSR count). The molecule has 1 aromatic carbocycles. The van der Waals surface area contributed by atoms with Crippen LogP contribution in [-0.4, -0.2) is 46.9 Å². The molecule has 0 bridgehead atoms. The summed E-state index contributed by atoms with van der Waals surface area (Å²) < 4.78 is 0. The molecule has 6 heteroatoms. The number of hydrogen-bond acceptors (Lipinski definition) is 3. The third kappa shape index (κ3) is 4.13. The fourth-order valence-electron chi connectivity index (χ4n) is 3.01. The summed E-state index contributed by atoms with van der Waals surface area (Å²) in [6, 6.07) is 7.05. The van der Waals surface area contributed by atoms with Crippen LogP contribution >= 0.6 is 0 Å². The van der Waals surface area contributed by atoms with Gasteiger partial charge in [-0.25, -0.2) is 4.79 Å². The van der Waals surface area contributed by atoms with Crippen LogP contribution in [0.3, 0.4) is 0 Å². The summed E-state index contributed by atoms with van der Waals surface area (Å²) in [6.07, 6.45) is 0.743. The molecule has 130 valence electrons. The quantitative estimate of drug-likeness (QED) is 0.793. The van der Waals surface area contributed by atoms with Crippen molar-refractivity contribution in [3.8, 4) is 0 Å². The molecule has 0 heterocycles. The monoisotopic (exact) mass is 332 g/mol. The summed E-state index contributed by atoms with van der Waals surface area (Å²) in [5, 5.41) is 11.9. The lowest BCUT2D eigenvalue weighted by Gasteiger charge is -2.27. The molecule has 0 saturated heterocycles. The summed E-state index contributed by atoms with van der Waals surface area (Å²) in [7, 11) is 0. The number of rotatable bonds is 7. The van der Waals surface area contributed by atoms with Crippen LogP contribution in [0.2, 0.25) is 0 Å². The normalized spacial score (nSPS) is 20.1. The minimum absolute atomic E-state index is 0.150. The molecule has 1 aliphatic rings. The van der Waals surface area contributed by atoms with Gasteiger partial charge in [-0.3, -0.25) is 9.59 Å². The van der Waals surface area contributed by atoms with Crippen molar-refractivity contribution < 1.29 is 19.5 Å². The van der Waals surface area contributed by atoms with Crippen molar-refractivity contribution in [2.75, 3.05) is 13.1 Å². The van der Waals surface area contributed by atoms with Crippen molar-refractivity contribution in [1.82, 2.24) is 10.2 Å². The van der Waals surface area contributed by atoms with Gasteiger partial charge in [-0.15, -0.1) is 0 Å². The molecular formula is C18H24N2O4. The van der Waals surface area contributed by atoms with E-state index in [0.717, 1.165) is 17.5 Å². The van der Waals surface area contributed by atoms with Gasteiger partial charge in [-0.1, -0.05) is 24.3 Å². The first kappa shape index (κ1) is 18.0. The second-order valence-electron chi connectivity index (χ2n) is 6.33. The number of hydrogen-bond donors (Lipinski definition) is 2. The van der Waals surface area contributed by atoms with E-state index in [1.807, 2.05) is 31.2 Å². The molecule has 2 N–H and O–H groups in total. The van der Waals surface area contributed by atoms with E-state index < -0.39 is 12.0 Å². The third-order valence-electron chi connectivity index (χ3n) is 4.53. The van der Waals surface area contributed by atoms with Gasteiger partial charge in [-0.05, 0) is 37.3 Å². The average Bonchev–Trinajstić information content (AvgIpc) is 3.31. The number of nitrogens with one attached hydrogen (secondary N) is 1. The number of carboxylic acid groups (broad SMARTS) is 1. The SMILES string of the molecule is CC(=O)NCCN(C(=O)C1CC1c1ccccc1C)C(C)C(=O)O. The number of benzene rings is 1. The predicted molar refractivity (Wildman–Crippen MR) is 89.5 cm³/mol. The van der Waals surface area contributed by atoms with Crippen LogP contribution in [0.25, 0.3) is 0 Å². The lowest BCUT2D eigenvalue weighted by molar-refractivity contribution is -0.150. The molecule has 3 unspecified atom stereocenters. The highest BCUT2D eigenvalue weighted by Crippen LogP contribution is 2.49. The number of amides is 2. The molecule has 0 aromatic heterocycles. The lowest BCUT2D eigenvalue weighted by Crippen LogP contribution is -2.47. The van der Waals surface area contributed by atoms with E-state index in [4.69, 9.17) is 0 Å². The standard InChI is InChI=1S/C18H24N2O4/c1-11-6-4-5-7-14(11)15-10-16(15)17(22)20(12(2)18(23)24)9-8-19-13(3)21/h4-7,12,15-16H,8-10H2,1-3H3,(H,19,21)(H,23,24). The summed E-state index contributed by atoms with van der Waals surface area (Å²) in [6.45, 7) is 5.36. The maximum atomic E-state index is 12.8.